The second kappa shape index (κ2) is 7.10. The Morgan fingerprint density at radius 2 is 2.26 bits per heavy atom. The molecular weight excluding hydrogens is 358 g/mol. The SMILES string of the molecule is CN1CC[C@@H](NC(=O)c2ccc(Oc3cccc(Br)c3)nc2)C1. The van der Waals surface area contributed by atoms with Crippen molar-refractivity contribution in [3.8, 4) is 11.6 Å². The molecule has 1 aliphatic rings. The first-order valence-corrected chi connectivity index (χ1v) is 8.28. The molecule has 0 radical (unpaired) electrons. The van der Waals surface area contributed by atoms with Gasteiger partial charge in [0, 0.05) is 29.3 Å². The minimum absolute atomic E-state index is 0.0909. The maximum Gasteiger partial charge on any atom is 0.253 e. The number of ether oxygens (including phenoxy) is 1. The van der Waals surface area contributed by atoms with Crippen LogP contribution in [0.25, 0.3) is 0 Å². The highest BCUT2D eigenvalue weighted by atomic mass is 79.9. The molecule has 1 N–H and O–H groups in total. The molecule has 0 spiro atoms. The molecule has 0 bridgehead atoms. The summed E-state index contributed by atoms with van der Waals surface area (Å²) < 4.78 is 6.60. The van der Waals surface area contributed by atoms with Crippen molar-refractivity contribution < 1.29 is 9.53 Å². The number of likely N-dealkylation sites (tertiary alicyclic amines) is 1. The molecule has 0 aliphatic carbocycles. The molecule has 1 atom stereocenters. The van der Waals surface area contributed by atoms with Gasteiger partial charge in [-0.15, -0.1) is 0 Å². The number of nitrogens with one attached hydrogen (secondary N) is 1. The van der Waals surface area contributed by atoms with Crippen molar-refractivity contribution in [2.24, 2.45) is 0 Å². The molecule has 1 aliphatic heterocycles. The summed E-state index contributed by atoms with van der Waals surface area (Å²) in [5.74, 6) is 1.06. The minimum atomic E-state index is -0.0909. The first-order valence-electron chi connectivity index (χ1n) is 7.49. The van der Waals surface area contributed by atoms with Crippen molar-refractivity contribution >= 4 is 21.8 Å². The monoisotopic (exact) mass is 375 g/mol. The number of hydrogen-bond acceptors (Lipinski definition) is 4. The van der Waals surface area contributed by atoms with Gasteiger partial charge in [0.05, 0.1) is 5.56 Å². The summed E-state index contributed by atoms with van der Waals surface area (Å²) in [6.45, 7) is 1.91. The van der Waals surface area contributed by atoms with E-state index in [2.05, 4.69) is 38.2 Å². The van der Waals surface area contributed by atoms with Crippen molar-refractivity contribution in [1.82, 2.24) is 15.2 Å². The Morgan fingerprint density at radius 3 is 2.91 bits per heavy atom. The second-order valence-electron chi connectivity index (χ2n) is 5.67. The number of halogens is 1. The Hall–Kier alpha value is -1.92. The van der Waals surface area contributed by atoms with Gasteiger partial charge in [0.15, 0.2) is 0 Å². The number of pyridine rings is 1. The zero-order valence-electron chi connectivity index (χ0n) is 12.8. The maximum absolute atomic E-state index is 12.2. The Bertz CT molecular complexity index is 690. The van der Waals surface area contributed by atoms with Gasteiger partial charge in [-0.1, -0.05) is 22.0 Å². The zero-order valence-corrected chi connectivity index (χ0v) is 14.4. The number of hydrogen-bond donors (Lipinski definition) is 1. The van der Waals surface area contributed by atoms with E-state index < -0.39 is 0 Å². The van der Waals surface area contributed by atoms with Crippen LogP contribution < -0.4 is 10.1 Å². The van der Waals surface area contributed by atoms with Crippen molar-refractivity contribution in [3.63, 3.8) is 0 Å². The summed E-state index contributed by atoms with van der Waals surface area (Å²) in [6, 6.07) is 11.2. The van der Waals surface area contributed by atoms with E-state index in [4.69, 9.17) is 4.74 Å². The molecule has 1 aromatic heterocycles. The van der Waals surface area contributed by atoms with Crippen LogP contribution in [-0.2, 0) is 0 Å². The van der Waals surface area contributed by atoms with Crippen LogP contribution in [0.3, 0.4) is 0 Å². The molecule has 1 fully saturated rings. The minimum Gasteiger partial charge on any atom is -0.439 e. The lowest BCUT2D eigenvalue weighted by molar-refractivity contribution is 0.0938. The van der Waals surface area contributed by atoms with Gasteiger partial charge in [0.25, 0.3) is 5.91 Å². The van der Waals surface area contributed by atoms with E-state index in [0.717, 1.165) is 24.0 Å². The molecule has 5 nitrogen and oxygen atoms in total. The standard InChI is InChI=1S/C17H18BrN3O2/c1-21-8-7-14(11-21)20-17(22)12-5-6-16(19-10-12)23-15-4-2-3-13(18)9-15/h2-6,9-10,14H,7-8,11H2,1H3,(H,20,22)/t14-/m1/s1. The number of likely N-dealkylation sites (N-methyl/N-ethyl adjacent to an activating group) is 1. The summed E-state index contributed by atoms with van der Waals surface area (Å²) in [4.78, 5) is 18.6. The van der Waals surface area contributed by atoms with Gasteiger partial charge >= 0.3 is 0 Å². The molecule has 2 heterocycles. The van der Waals surface area contributed by atoms with E-state index in [1.807, 2.05) is 24.3 Å². The molecule has 23 heavy (non-hydrogen) atoms. The fraction of sp³-hybridized carbons (Fsp3) is 0.294. The Morgan fingerprint density at radius 1 is 1.39 bits per heavy atom. The molecule has 1 aromatic carbocycles. The Kier molecular flexibility index (Phi) is 4.93. The second-order valence-corrected chi connectivity index (χ2v) is 6.58. The molecule has 0 unspecified atom stereocenters. The number of carbonyl (C=O) groups is 1. The van der Waals surface area contributed by atoms with Crippen molar-refractivity contribution in [2.45, 2.75) is 12.5 Å². The van der Waals surface area contributed by atoms with Gasteiger partial charge < -0.3 is 15.0 Å². The summed E-state index contributed by atoms with van der Waals surface area (Å²) >= 11 is 3.40. The number of nitrogens with zero attached hydrogens (tertiary/aromatic N) is 2. The Labute approximate surface area is 143 Å². The quantitative estimate of drug-likeness (QED) is 0.891. The third-order valence-corrected chi connectivity index (χ3v) is 4.24. The van der Waals surface area contributed by atoms with Crippen molar-refractivity contribution in [2.75, 3.05) is 20.1 Å². The van der Waals surface area contributed by atoms with E-state index in [1.54, 1.807) is 18.3 Å². The zero-order chi connectivity index (χ0) is 16.2. The van der Waals surface area contributed by atoms with Crippen LogP contribution in [0.4, 0.5) is 0 Å². The predicted octanol–water partition coefficient (Wildman–Crippen LogP) is 3.07. The maximum atomic E-state index is 12.2. The van der Waals surface area contributed by atoms with Gasteiger partial charge in [0.1, 0.15) is 5.75 Å². The van der Waals surface area contributed by atoms with E-state index >= 15 is 0 Å². The molecule has 2 aromatic rings. The van der Waals surface area contributed by atoms with Crippen molar-refractivity contribution in [3.05, 3.63) is 52.6 Å². The van der Waals surface area contributed by atoms with Gasteiger partial charge in [-0.2, -0.15) is 0 Å². The van der Waals surface area contributed by atoms with E-state index in [9.17, 15) is 4.79 Å². The van der Waals surface area contributed by atoms with Crippen LogP contribution in [-0.4, -0.2) is 42.0 Å². The normalized spacial score (nSPS) is 17.9. The fourth-order valence-electron chi connectivity index (χ4n) is 2.55. The van der Waals surface area contributed by atoms with Gasteiger partial charge in [0.2, 0.25) is 5.88 Å². The lowest BCUT2D eigenvalue weighted by Crippen LogP contribution is -2.36. The first kappa shape index (κ1) is 16.0. The van der Waals surface area contributed by atoms with E-state index in [0.29, 0.717) is 17.2 Å². The lowest BCUT2D eigenvalue weighted by Gasteiger charge is -2.13. The molecule has 0 saturated carbocycles. The van der Waals surface area contributed by atoms with Crippen LogP contribution in [0.5, 0.6) is 11.6 Å². The van der Waals surface area contributed by atoms with Gasteiger partial charge in [-0.3, -0.25) is 4.79 Å². The molecule has 6 heteroatoms. The summed E-state index contributed by atoms with van der Waals surface area (Å²) in [5.41, 5.74) is 0.543. The van der Waals surface area contributed by atoms with Gasteiger partial charge in [-0.05, 0) is 44.3 Å². The van der Waals surface area contributed by atoms with Crippen LogP contribution in [0.2, 0.25) is 0 Å². The average molecular weight is 376 g/mol. The first-order chi connectivity index (χ1) is 11.1. The third-order valence-electron chi connectivity index (χ3n) is 3.74. The number of aromatic nitrogens is 1. The Balaban J connectivity index is 1.61. The largest absolute Gasteiger partial charge is 0.439 e. The number of amides is 1. The highest BCUT2D eigenvalue weighted by molar-refractivity contribution is 9.10. The fourth-order valence-corrected chi connectivity index (χ4v) is 2.93. The number of rotatable bonds is 4. The van der Waals surface area contributed by atoms with E-state index in [1.165, 1.54) is 0 Å². The van der Waals surface area contributed by atoms with Crippen LogP contribution >= 0.6 is 15.9 Å². The van der Waals surface area contributed by atoms with Gasteiger partial charge in [-0.25, -0.2) is 4.98 Å². The summed E-state index contributed by atoms with van der Waals surface area (Å²) in [5, 5.41) is 3.03. The highest BCUT2D eigenvalue weighted by Crippen LogP contribution is 2.23. The highest BCUT2D eigenvalue weighted by Gasteiger charge is 2.21. The predicted molar refractivity (Wildman–Crippen MR) is 91.8 cm³/mol. The molecule has 3 rings (SSSR count). The molecule has 120 valence electrons. The van der Waals surface area contributed by atoms with Crippen molar-refractivity contribution in [1.29, 1.82) is 0 Å². The topological polar surface area (TPSA) is 54.5 Å². The van der Waals surface area contributed by atoms with Crippen LogP contribution in [0, 0.1) is 0 Å². The van der Waals surface area contributed by atoms with Crippen LogP contribution in [0.15, 0.2) is 47.1 Å². The van der Waals surface area contributed by atoms with Crippen LogP contribution in [0.1, 0.15) is 16.8 Å². The average Bonchev–Trinajstić information content (AvgIpc) is 2.93. The number of carbonyl (C=O) groups excluding carboxylic acids is 1. The smallest absolute Gasteiger partial charge is 0.253 e. The summed E-state index contributed by atoms with van der Waals surface area (Å²) in [6.07, 6.45) is 2.53. The molecular formula is C17H18BrN3O2. The molecule has 1 amide bonds. The molecule has 1 saturated heterocycles. The third kappa shape index (κ3) is 4.30. The lowest BCUT2D eigenvalue weighted by atomic mass is 10.2. The summed E-state index contributed by atoms with van der Waals surface area (Å²) in [7, 11) is 2.06. The van der Waals surface area contributed by atoms with E-state index in [-0.39, 0.29) is 11.9 Å². The number of benzene rings is 1.